The van der Waals surface area contributed by atoms with E-state index in [0.29, 0.717) is 0 Å². The number of para-hydroxylation sites is 2. The SMILES string of the molecule is CC1(C)c2ccccc2-c2ccc(N(c3cccc4c3-c3ccccc3C4(c3ccccc3)c3ccccc3)c3cccc4c3oc3c(-c5ccccc5)cccc34)cc21. The fourth-order valence-electron chi connectivity index (χ4n) is 10.7. The van der Waals surface area contributed by atoms with Gasteiger partial charge in [0.15, 0.2) is 5.58 Å². The van der Waals surface area contributed by atoms with Crippen molar-refractivity contribution in [3.8, 4) is 33.4 Å². The van der Waals surface area contributed by atoms with Gasteiger partial charge in [-0.05, 0) is 79.9 Å². The van der Waals surface area contributed by atoms with Crippen LogP contribution >= 0.6 is 0 Å². The van der Waals surface area contributed by atoms with E-state index in [1.807, 2.05) is 0 Å². The van der Waals surface area contributed by atoms with E-state index < -0.39 is 5.41 Å². The zero-order valence-corrected chi connectivity index (χ0v) is 33.6. The average molecular weight is 768 g/mol. The van der Waals surface area contributed by atoms with Crippen molar-refractivity contribution >= 4 is 39.0 Å². The lowest BCUT2D eigenvalue weighted by Gasteiger charge is -2.34. The molecule has 0 saturated heterocycles. The van der Waals surface area contributed by atoms with Crippen LogP contribution in [0, 0.1) is 0 Å². The molecule has 12 rings (SSSR count). The number of nitrogens with zero attached hydrogens (tertiary/aromatic N) is 1. The highest BCUT2D eigenvalue weighted by molar-refractivity contribution is 6.14. The van der Waals surface area contributed by atoms with Gasteiger partial charge in [0.05, 0.1) is 16.8 Å². The molecule has 0 aliphatic heterocycles. The van der Waals surface area contributed by atoms with Crippen LogP contribution in [0.1, 0.15) is 47.2 Å². The van der Waals surface area contributed by atoms with E-state index in [9.17, 15) is 0 Å². The average Bonchev–Trinajstić information content (AvgIpc) is 3.92. The number of rotatable bonds is 6. The van der Waals surface area contributed by atoms with Gasteiger partial charge in [-0.25, -0.2) is 0 Å². The molecule has 284 valence electrons. The van der Waals surface area contributed by atoms with E-state index in [1.165, 1.54) is 55.6 Å². The first-order valence-electron chi connectivity index (χ1n) is 20.9. The molecule has 0 amide bonds. The molecule has 9 aromatic carbocycles. The predicted molar refractivity (Wildman–Crippen MR) is 249 cm³/mol. The summed E-state index contributed by atoms with van der Waals surface area (Å²) in [6.07, 6.45) is 0. The van der Waals surface area contributed by atoms with E-state index >= 15 is 0 Å². The van der Waals surface area contributed by atoms with E-state index in [0.717, 1.165) is 50.1 Å². The summed E-state index contributed by atoms with van der Waals surface area (Å²) in [5.74, 6) is 0. The molecule has 0 atom stereocenters. The van der Waals surface area contributed by atoms with Crippen LogP contribution in [-0.4, -0.2) is 0 Å². The van der Waals surface area contributed by atoms with E-state index in [-0.39, 0.29) is 5.41 Å². The molecule has 2 aliphatic rings. The molecule has 2 nitrogen and oxygen atoms in total. The van der Waals surface area contributed by atoms with Crippen molar-refractivity contribution in [1.82, 2.24) is 0 Å². The molecule has 1 heterocycles. The molecule has 0 bridgehead atoms. The van der Waals surface area contributed by atoms with Crippen molar-refractivity contribution < 1.29 is 4.42 Å². The van der Waals surface area contributed by atoms with Crippen molar-refractivity contribution in [1.29, 1.82) is 0 Å². The van der Waals surface area contributed by atoms with Crippen LogP contribution in [0.4, 0.5) is 17.1 Å². The second-order valence-corrected chi connectivity index (χ2v) is 16.8. The van der Waals surface area contributed by atoms with Gasteiger partial charge in [-0.2, -0.15) is 0 Å². The lowest BCUT2D eigenvalue weighted by Crippen LogP contribution is -2.28. The molecule has 0 unspecified atom stereocenters. The number of hydrogen-bond donors (Lipinski definition) is 0. The van der Waals surface area contributed by atoms with Gasteiger partial charge in [0.2, 0.25) is 0 Å². The Kier molecular flexibility index (Phi) is 7.52. The summed E-state index contributed by atoms with van der Waals surface area (Å²) in [6, 6.07) is 77.8. The van der Waals surface area contributed by atoms with Crippen LogP contribution in [0.25, 0.3) is 55.3 Å². The van der Waals surface area contributed by atoms with Crippen LogP contribution in [0.2, 0.25) is 0 Å². The van der Waals surface area contributed by atoms with Crippen molar-refractivity contribution in [3.05, 3.63) is 246 Å². The van der Waals surface area contributed by atoms with Crippen LogP contribution in [0.5, 0.6) is 0 Å². The Morgan fingerprint density at radius 3 is 1.65 bits per heavy atom. The molecule has 2 aliphatic carbocycles. The molecule has 60 heavy (non-hydrogen) atoms. The zero-order valence-electron chi connectivity index (χ0n) is 33.6. The molecule has 0 fully saturated rings. The van der Waals surface area contributed by atoms with Crippen LogP contribution in [0.15, 0.2) is 217 Å². The van der Waals surface area contributed by atoms with Gasteiger partial charge >= 0.3 is 0 Å². The quantitative estimate of drug-likeness (QED) is 0.168. The normalized spacial score (nSPS) is 14.1. The van der Waals surface area contributed by atoms with Gasteiger partial charge in [0.1, 0.15) is 5.58 Å². The minimum absolute atomic E-state index is 0.176. The van der Waals surface area contributed by atoms with E-state index in [4.69, 9.17) is 4.42 Å². The van der Waals surface area contributed by atoms with Crippen LogP contribution in [0.3, 0.4) is 0 Å². The van der Waals surface area contributed by atoms with E-state index in [2.05, 4.69) is 231 Å². The number of fused-ring (bicyclic) bond motifs is 9. The summed E-state index contributed by atoms with van der Waals surface area (Å²) in [5.41, 5.74) is 19.3. The predicted octanol–water partition coefficient (Wildman–Crippen LogP) is 15.4. The Morgan fingerprint density at radius 2 is 0.917 bits per heavy atom. The summed E-state index contributed by atoms with van der Waals surface area (Å²) in [6.45, 7) is 4.73. The highest BCUT2D eigenvalue weighted by Gasteiger charge is 2.47. The van der Waals surface area contributed by atoms with Crippen LogP contribution in [-0.2, 0) is 10.8 Å². The van der Waals surface area contributed by atoms with Gasteiger partial charge < -0.3 is 9.32 Å². The van der Waals surface area contributed by atoms with Gasteiger partial charge in [-0.15, -0.1) is 0 Å². The first-order chi connectivity index (χ1) is 29.5. The van der Waals surface area contributed by atoms with Crippen molar-refractivity contribution in [2.45, 2.75) is 24.7 Å². The Hall–Kier alpha value is -7.42. The third-order valence-electron chi connectivity index (χ3n) is 13.4. The first-order valence-corrected chi connectivity index (χ1v) is 20.9. The van der Waals surface area contributed by atoms with Gasteiger partial charge in [0, 0.05) is 33.0 Å². The smallest absolute Gasteiger partial charge is 0.159 e. The maximum atomic E-state index is 7.20. The monoisotopic (exact) mass is 767 g/mol. The molecule has 0 saturated carbocycles. The highest BCUT2D eigenvalue weighted by Crippen LogP contribution is 2.60. The fourth-order valence-corrected chi connectivity index (χ4v) is 10.7. The molecule has 2 heteroatoms. The summed E-state index contributed by atoms with van der Waals surface area (Å²) < 4.78 is 7.20. The third-order valence-corrected chi connectivity index (χ3v) is 13.4. The molecule has 0 radical (unpaired) electrons. The third kappa shape index (κ3) is 4.76. The Balaban J connectivity index is 1.18. The number of hydrogen-bond acceptors (Lipinski definition) is 2. The minimum Gasteiger partial charge on any atom is -0.453 e. The van der Waals surface area contributed by atoms with Gasteiger partial charge in [-0.3, -0.25) is 0 Å². The summed E-state index contributed by atoms with van der Waals surface area (Å²) in [7, 11) is 0. The summed E-state index contributed by atoms with van der Waals surface area (Å²) in [4.78, 5) is 2.48. The zero-order chi connectivity index (χ0) is 40.0. The Morgan fingerprint density at radius 1 is 0.383 bits per heavy atom. The molecule has 0 spiro atoms. The number of anilines is 3. The minimum atomic E-state index is -0.534. The molecular formula is C58H41NO. The second kappa shape index (κ2) is 13.0. The summed E-state index contributed by atoms with van der Waals surface area (Å²) in [5, 5.41) is 2.20. The highest BCUT2D eigenvalue weighted by atomic mass is 16.3. The van der Waals surface area contributed by atoms with Crippen molar-refractivity contribution in [2.24, 2.45) is 0 Å². The molecule has 1 aromatic heterocycles. The van der Waals surface area contributed by atoms with Crippen LogP contribution < -0.4 is 4.90 Å². The fraction of sp³-hybridized carbons (Fsp3) is 0.0690. The lowest BCUT2D eigenvalue weighted by atomic mass is 9.68. The van der Waals surface area contributed by atoms with Gasteiger partial charge in [-0.1, -0.05) is 202 Å². The summed E-state index contributed by atoms with van der Waals surface area (Å²) >= 11 is 0. The van der Waals surface area contributed by atoms with E-state index in [1.54, 1.807) is 0 Å². The number of furan rings is 1. The molecular weight excluding hydrogens is 727 g/mol. The van der Waals surface area contributed by atoms with Crippen molar-refractivity contribution in [3.63, 3.8) is 0 Å². The molecule has 10 aromatic rings. The Labute approximate surface area is 350 Å². The largest absolute Gasteiger partial charge is 0.453 e. The second-order valence-electron chi connectivity index (χ2n) is 16.8. The maximum absolute atomic E-state index is 7.20. The lowest BCUT2D eigenvalue weighted by molar-refractivity contribution is 0.660. The standard InChI is InChI=1S/C58H41NO/c1-57(2)48-30-14-12-25-43(48)44-36-35-41(37-51(44)57)59(53-34-17-29-46-45-28-16-27-42(55(45)60-56(46)53)38-19-6-3-7-20-38)52-33-18-32-50-54(52)47-26-13-15-31-49(47)58(50,39-21-8-4-9-22-39)40-23-10-5-11-24-40/h3-37H,1-2H3. The molecule has 0 N–H and O–H groups in total. The van der Waals surface area contributed by atoms with Crippen molar-refractivity contribution in [2.75, 3.05) is 4.90 Å². The number of benzene rings is 9. The maximum Gasteiger partial charge on any atom is 0.159 e. The Bertz CT molecular complexity index is 3250. The van der Waals surface area contributed by atoms with Gasteiger partial charge in [0.25, 0.3) is 0 Å². The topological polar surface area (TPSA) is 16.4 Å². The first kappa shape index (κ1) is 34.6.